The first-order valence-corrected chi connectivity index (χ1v) is 6.20. The zero-order valence-electron chi connectivity index (χ0n) is 11.3. The predicted molar refractivity (Wildman–Crippen MR) is 70.1 cm³/mol. The van der Waals surface area contributed by atoms with Crippen molar-refractivity contribution in [3.63, 3.8) is 0 Å². The fraction of sp³-hybridized carbons (Fsp3) is 0.357. The maximum absolute atomic E-state index is 13.8. The van der Waals surface area contributed by atoms with E-state index in [1.54, 1.807) is 6.92 Å². The summed E-state index contributed by atoms with van der Waals surface area (Å²) in [5, 5.41) is 8.46. The van der Waals surface area contributed by atoms with Crippen LogP contribution in [0.25, 0.3) is 6.08 Å². The summed E-state index contributed by atoms with van der Waals surface area (Å²) in [6.45, 7) is 0.432. The Morgan fingerprint density at radius 2 is 2.05 bits per heavy atom. The topological polar surface area (TPSA) is 40.5 Å². The van der Waals surface area contributed by atoms with Crippen LogP contribution in [0.5, 0.6) is 0 Å². The largest absolute Gasteiger partial charge is 0.478 e. The molecule has 0 unspecified atom stereocenters. The lowest BCUT2D eigenvalue weighted by molar-refractivity contribution is -0.146. The maximum atomic E-state index is 13.8. The Balaban J connectivity index is 2.82. The molecule has 0 aromatic heterocycles. The summed E-state index contributed by atoms with van der Waals surface area (Å²) >= 11 is 0. The number of rotatable bonds is 6. The monoisotopic (exact) mass is 305 g/mol. The fourth-order valence-electron chi connectivity index (χ4n) is 1.74. The van der Waals surface area contributed by atoms with Crippen LogP contribution in [0, 0.1) is 5.82 Å². The van der Waals surface area contributed by atoms with Crippen molar-refractivity contribution < 1.29 is 27.5 Å². The summed E-state index contributed by atoms with van der Waals surface area (Å²) in [4.78, 5) is 11.4. The molecule has 21 heavy (non-hydrogen) atoms. The van der Waals surface area contributed by atoms with E-state index >= 15 is 0 Å². The molecule has 1 aromatic rings. The van der Waals surface area contributed by atoms with Gasteiger partial charge in [0.05, 0.1) is 6.54 Å². The van der Waals surface area contributed by atoms with Crippen molar-refractivity contribution in [1.82, 2.24) is 4.90 Å². The van der Waals surface area contributed by atoms with Gasteiger partial charge in [-0.1, -0.05) is 19.1 Å². The summed E-state index contributed by atoms with van der Waals surface area (Å²) in [5.41, 5.74) is 0.464. The Morgan fingerprint density at radius 1 is 1.38 bits per heavy atom. The van der Waals surface area contributed by atoms with Crippen molar-refractivity contribution in [2.45, 2.75) is 19.6 Å². The van der Waals surface area contributed by atoms with Gasteiger partial charge in [0.2, 0.25) is 0 Å². The quantitative estimate of drug-likeness (QED) is 0.647. The number of halogens is 4. The van der Waals surface area contributed by atoms with Gasteiger partial charge in [0.15, 0.2) is 0 Å². The minimum atomic E-state index is -4.34. The molecule has 0 radical (unpaired) electrons. The van der Waals surface area contributed by atoms with Gasteiger partial charge in [0, 0.05) is 18.2 Å². The van der Waals surface area contributed by atoms with Gasteiger partial charge in [-0.25, -0.2) is 9.18 Å². The average molecular weight is 305 g/mol. The molecular formula is C14H15F4NO2. The van der Waals surface area contributed by atoms with Crippen LogP contribution in [0.3, 0.4) is 0 Å². The summed E-state index contributed by atoms with van der Waals surface area (Å²) in [6, 6.07) is 3.91. The van der Waals surface area contributed by atoms with Gasteiger partial charge in [-0.3, -0.25) is 4.90 Å². The number of carboxylic acid groups (broad SMARTS) is 1. The van der Waals surface area contributed by atoms with E-state index in [0.717, 1.165) is 17.0 Å². The minimum Gasteiger partial charge on any atom is -0.478 e. The first-order chi connectivity index (χ1) is 9.71. The van der Waals surface area contributed by atoms with Crippen LogP contribution in [0.1, 0.15) is 18.1 Å². The number of nitrogens with zero attached hydrogens (tertiary/aromatic N) is 1. The molecule has 0 saturated carbocycles. The molecule has 0 heterocycles. The van der Waals surface area contributed by atoms with Gasteiger partial charge in [-0.15, -0.1) is 0 Å². The third kappa shape index (κ3) is 6.40. The molecule has 0 aliphatic rings. The molecule has 0 saturated heterocycles. The highest BCUT2D eigenvalue weighted by Crippen LogP contribution is 2.19. The summed E-state index contributed by atoms with van der Waals surface area (Å²) in [5.74, 6) is -1.83. The second-order valence-electron chi connectivity index (χ2n) is 4.44. The number of carbonyl (C=O) groups is 1. The molecule has 0 atom stereocenters. The van der Waals surface area contributed by atoms with Crippen LogP contribution in [-0.2, 0) is 11.3 Å². The lowest BCUT2D eigenvalue weighted by Gasteiger charge is -2.22. The van der Waals surface area contributed by atoms with E-state index in [4.69, 9.17) is 5.11 Å². The van der Waals surface area contributed by atoms with E-state index in [9.17, 15) is 22.4 Å². The van der Waals surface area contributed by atoms with Crippen molar-refractivity contribution in [2.75, 3.05) is 13.1 Å². The van der Waals surface area contributed by atoms with Crippen molar-refractivity contribution in [3.05, 3.63) is 41.2 Å². The number of hydrogen-bond donors (Lipinski definition) is 1. The van der Waals surface area contributed by atoms with E-state index in [1.165, 1.54) is 18.2 Å². The molecule has 0 aliphatic carbocycles. The van der Waals surface area contributed by atoms with E-state index in [-0.39, 0.29) is 18.7 Å². The van der Waals surface area contributed by atoms with E-state index < -0.39 is 24.5 Å². The van der Waals surface area contributed by atoms with Gasteiger partial charge in [-0.2, -0.15) is 13.2 Å². The van der Waals surface area contributed by atoms with Gasteiger partial charge in [0.25, 0.3) is 0 Å². The Morgan fingerprint density at radius 3 is 2.52 bits per heavy atom. The molecule has 0 amide bonds. The van der Waals surface area contributed by atoms with E-state index in [1.807, 2.05) is 0 Å². The van der Waals surface area contributed by atoms with Crippen LogP contribution in [-0.4, -0.2) is 35.2 Å². The highest BCUT2D eigenvalue weighted by Gasteiger charge is 2.30. The van der Waals surface area contributed by atoms with E-state index in [0.29, 0.717) is 5.56 Å². The Kier molecular flexibility index (Phi) is 5.90. The molecule has 3 nitrogen and oxygen atoms in total. The smallest absolute Gasteiger partial charge is 0.401 e. The minimum absolute atomic E-state index is 0.133. The maximum Gasteiger partial charge on any atom is 0.401 e. The Labute approximate surface area is 119 Å². The molecule has 1 rings (SSSR count). The molecule has 1 aromatic carbocycles. The van der Waals surface area contributed by atoms with Gasteiger partial charge < -0.3 is 5.11 Å². The highest BCUT2D eigenvalue weighted by molar-refractivity contribution is 5.85. The fourth-order valence-corrected chi connectivity index (χ4v) is 1.74. The lowest BCUT2D eigenvalue weighted by Crippen LogP contribution is -2.33. The predicted octanol–water partition coefficient (Wildman–Crippen LogP) is 3.31. The van der Waals surface area contributed by atoms with E-state index in [2.05, 4.69) is 0 Å². The summed E-state index contributed by atoms with van der Waals surface area (Å²) in [6.07, 6.45) is -2.27. The third-order valence-corrected chi connectivity index (χ3v) is 2.74. The second-order valence-corrected chi connectivity index (χ2v) is 4.44. The van der Waals surface area contributed by atoms with Crippen LogP contribution in [0.15, 0.2) is 24.3 Å². The van der Waals surface area contributed by atoms with Crippen LogP contribution in [0.2, 0.25) is 0 Å². The number of hydrogen-bond acceptors (Lipinski definition) is 2. The molecule has 0 aliphatic heterocycles. The zero-order chi connectivity index (χ0) is 16.0. The highest BCUT2D eigenvalue weighted by atomic mass is 19.4. The lowest BCUT2D eigenvalue weighted by atomic mass is 10.1. The van der Waals surface area contributed by atoms with Crippen molar-refractivity contribution in [2.24, 2.45) is 0 Å². The average Bonchev–Trinajstić information content (AvgIpc) is 2.36. The molecule has 116 valence electrons. The molecule has 0 fully saturated rings. The molecule has 0 spiro atoms. The number of carboxylic acids is 1. The molecule has 1 N–H and O–H groups in total. The Bertz CT molecular complexity index is 526. The summed E-state index contributed by atoms with van der Waals surface area (Å²) < 4.78 is 50.8. The van der Waals surface area contributed by atoms with Crippen LogP contribution < -0.4 is 0 Å². The van der Waals surface area contributed by atoms with Crippen molar-refractivity contribution in [3.8, 4) is 0 Å². The normalized spacial score (nSPS) is 12.3. The number of alkyl halides is 3. The van der Waals surface area contributed by atoms with Crippen LogP contribution in [0.4, 0.5) is 17.6 Å². The zero-order valence-corrected chi connectivity index (χ0v) is 11.3. The van der Waals surface area contributed by atoms with Gasteiger partial charge >= 0.3 is 12.1 Å². The summed E-state index contributed by atoms with van der Waals surface area (Å²) in [7, 11) is 0. The first kappa shape index (κ1) is 17.2. The van der Waals surface area contributed by atoms with Gasteiger partial charge in [-0.05, 0) is 24.3 Å². The number of benzene rings is 1. The first-order valence-electron chi connectivity index (χ1n) is 6.20. The molecular weight excluding hydrogens is 290 g/mol. The molecule has 7 heteroatoms. The van der Waals surface area contributed by atoms with Crippen molar-refractivity contribution >= 4 is 12.0 Å². The SMILES string of the molecule is CCN(Cc1ccc(C=CC(=O)O)cc1F)CC(F)(F)F. The molecule has 0 bridgehead atoms. The van der Waals surface area contributed by atoms with Crippen molar-refractivity contribution in [1.29, 1.82) is 0 Å². The third-order valence-electron chi connectivity index (χ3n) is 2.74. The second kappa shape index (κ2) is 7.21. The number of aliphatic carboxylic acids is 1. The standard InChI is InChI=1S/C14H15F4NO2/c1-2-19(9-14(16,17)18)8-11-5-3-10(7-12(11)15)4-6-13(20)21/h3-7H,2,8-9H2,1H3,(H,20,21). The Hall–Kier alpha value is -1.89. The van der Waals surface area contributed by atoms with Crippen LogP contribution >= 0.6 is 0 Å². The van der Waals surface area contributed by atoms with Gasteiger partial charge in [0.1, 0.15) is 5.82 Å².